The van der Waals surface area contributed by atoms with Gasteiger partial charge < -0.3 is 15.0 Å². The highest BCUT2D eigenvalue weighted by Gasteiger charge is 2.28. The van der Waals surface area contributed by atoms with Crippen molar-refractivity contribution in [3.8, 4) is 5.69 Å². The highest BCUT2D eigenvalue weighted by molar-refractivity contribution is 6.31. The Labute approximate surface area is 195 Å². The molecular formula is C24H33ClN4O3. The van der Waals surface area contributed by atoms with Gasteiger partial charge in [0.1, 0.15) is 5.60 Å². The number of carbonyl (C=O) groups is 2. The SMILES string of the molecule is Cc1ccc(-n2nc(C)c(CC(=O)NC3CCN(C(=O)OC(C)(C)C)CC3)c2C)cc1Cl. The van der Waals surface area contributed by atoms with Crippen LogP contribution < -0.4 is 5.32 Å². The van der Waals surface area contributed by atoms with Crippen molar-refractivity contribution in [3.63, 3.8) is 0 Å². The molecule has 3 rings (SSSR count). The molecule has 1 N–H and O–H groups in total. The molecule has 0 unspecified atom stereocenters. The number of hydrogen-bond acceptors (Lipinski definition) is 4. The van der Waals surface area contributed by atoms with Crippen LogP contribution in [0.25, 0.3) is 5.69 Å². The first-order valence-corrected chi connectivity index (χ1v) is 11.4. The Balaban J connectivity index is 1.59. The number of rotatable bonds is 4. The van der Waals surface area contributed by atoms with Crippen molar-refractivity contribution in [3.05, 3.63) is 45.7 Å². The van der Waals surface area contributed by atoms with Gasteiger partial charge in [-0.05, 0) is 72.1 Å². The van der Waals surface area contributed by atoms with E-state index in [2.05, 4.69) is 10.4 Å². The molecule has 2 heterocycles. The zero-order valence-electron chi connectivity index (χ0n) is 19.8. The molecular weight excluding hydrogens is 428 g/mol. The van der Waals surface area contributed by atoms with Gasteiger partial charge in [0, 0.05) is 35.4 Å². The summed E-state index contributed by atoms with van der Waals surface area (Å²) in [4.78, 5) is 26.7. The Kier molecular flexibility index (Phi) is 7.18. The van der Waals surface area contributed by atoms with Crippen molar-refractivity contribution in [2.24, 2.45) is 0 Å². The second kappa shape index (κ2) is 9.53. The number of carbonyl (C=O) groups excluding carboxylic acids is 2. The number of aromatic nitrogens is 2. The fourth-order valence-corrected chi connectivity index (χ4v) is 4.04. The van der Waals surface area contributed by atoms with Crippen LogP contribution in [0, 0.1) is 20.8 Å². The van der Waals surface area contributed by atoms with E-state index in [4.69, 9.17) is 16.3 Å². The lowest BCUT2D eigenvalue weighted by Crippen LogP contribution is -2.48. The average Bonchev–Trinajstić information content (AvgIpc) is 2.97. The van der Waals surface area contributed by atoms with Crippen LogP contribution in [-0.4, -0.2) is 51.4 Å². The molecule has 1 fully saturated rings. The third kappa shape index (κ3) is 5.82. The summed E-state index contributed by atoms with van der Waals surface area (Å²) in [5.41, 5.74) is 4.06. The first-order chi connectivity index (χ1) is 14.9. The molecule has 1 aliphatic heterocycles. The number of ether oxygens (including phenoxy) is 1. The van der Waals surface area contributed by atoms with Gasteiger partial charge in [-0.25, -0.2) is 9.48 Å². The minimum absolute atomic E-state index is 0.0339. The third-order valence-electron chi connectivity index (χ3n) is 5.69. The Morgan fingerprint density at radius 1 is 1.19 bits per heavy atom. The number of likely N-dealkylation sites (tertiary alicyclic amines) is 1. The first kappa shape index (κ1) is 24.1. The van der Waals surface area contributed by atoms with Crippen LogP contribution in [0.2, 0.25) is 5.02 Å². The molecule has 2 aromatic rings. The molecule has 1 aromatic heterocycles. The molecule has 0 saturated carbocycles. The van der Waals surface area contributed by atoms with Crippen molar-refractivity contribution in [2.75, 3.05) is 13.1 Å². The Bertz CT molecular complexity index is 1000. The van der Waals surface area contributed by atoms with E-state index in [1.54, 1.807) is 4.90 Å². The maximum Gasteiger partial charge on any atom is 0.410 e. The summed E-state index contributed by atoms with van der Waals surface area (Å²) >= 11 is 6.28. The third-order valence-corrected chi connectivity index (χ3v) is 6.10. The minimum atomic E-state index is -0.508. The van der Waals surface area contributed by atoms with Gasteiger partial charge in [-0.3, -0.25) is 4.79 Å². The number of hydrogen-bond donors (Lipinski definition) is 1. The molecule has 174 valence electrons. The van der Waals surface area contributed by atoms with E-state index in [1.165, 1.54) is 0 Å². The van der Waals surface area contributed by atoms with Gasteiger partial charge in [-0.1, -0.05) is 17.7 Å². The summed E-state index contributed by atoms with van der Waals surface area (Å²) in [6.45, 7) is 12.6. The fourth-order valence-electron chi connectivity index (χ4n) is 3.87. The van der Waals surface area contributed by atoms with Crippen LogP contribution >= 0.6 is 11.6 Å². The zero-order chi connectivity index (χ0) is 23.6. The van der Waals surface area contributed by atoms with Crippen molar-refractivity contribution < 1.29 is 14.3 Å². The zero-order valence-corrected chi connectivity index (χ0v) is 20.5. The summed E-state index contributed by atoms with van der Waals surface area (Å²) in [6.07, 6.45) is 1.40. The van der Waals surface area contributed by atoms with Crippen molar-refractivity contribution in [2.45, 2.75) is 72.4 Å². The molecule has 0 aliphatic carbocycles. The Hall–Kier alpha value is -2.54. The lowest BCUT2D eigenvalue weighted by atomic mass is 10.0. The molecule has 1 saturated heterocycles. The normalized spacial score (nSPS) is 15.0. The molecule has 32 heavy (non-hydrogen) atoms. The summed E-state index contributed by atoms with van der Waals surface area (Å²) in [5.74, 6) is -0.0339. The average molecular weight is 461 g/mol. The van der Waals surface area contributed by atoms with Crippen LogP contribution in [0.3, 0.4) is 0 Å². The molecule has 0 bridgehead atoms. The van der Waals surface area contributed by atoms with Gasteiger partial charge >= 0.3 is 6.09 Å². The quantitative estimate of drug-likeness (QED) is 0.728. The molecule has 0 spiro atoms. The summed E-state index contributed by atoms with van der Waals surface area (Å²) in [5, 5.41) is 8.44. The maximum absolute atomic E-state index is 12.8. The van der Waals surface area contributed by atoms with Crippen LogP contribution in [0.4, 0.5) is 4.79 Å². The lowest BCUT2D eigenvalue weighted by Gasteiger charge is -2.33. The van der Waals surface area contributed by atoms with E-state index in [0.717, 1.165) is 28.2 Å². The molecule has 0 atom stereocenters. The minimum Gasteiger partial charge on any atom is -0.444 e. The predicted molar refractivity (Wildman–Crippen MR) is 125 cm³/mol. The number of aryl methyl sites for hydroxylation is 2. The van der Waals surface area contributed by atoms with Gasteiger partial charge in [0.25, 0.3) is 0 Å². The molecule has 8 heteroatoms. The van der Waals surface area contributed by atoms with E-state index in [0.29, 0.717) is 31.0 Å². The van der Waals surface area contributed by atoms with Crippen molar-refractivity contribution in [1.82, 2.24) is 20.0 Å². The second-order valence-corrected chi connectivity index (χ2v) is 9.89. The number of nitrogens with zero attached hydrogens (tertiary/aromatic N) is 3. The summed E-state index contributed by atoms with van der Waals surface area (Å²) < 4.78 is 7.27. The highest BCUT2D eigenvalue weighted by Crippen LogP contribution is 2.23. The van der Waals surface area contributed by atoms with E-state index >= 15 is 0 Å². The van der Waals surface area contributed by atoms with E-state index < -0.39 is 5.60 Å². The van der Waals surface area contributed by atoms with Crippen LogP contribution in [0.15, 0.2) is 18.2 Å². The van der Waals surface area contributed by atoms with Gasteiger partial charge in [0.05, 0.1) is 17.8 Å². The molecule has 1 aromatic carbocycles. The van der Waals surface area contributed by atoms with Crippen LogP contribution in [0.1, 0.15) is 56.1 Å². The number of nitrogens with one attached hydrogen (secondary N) is 1. The van der Waals surface area contributed by atoms with E-state index in [1.807, 2.05) is 64.4 Å². The first-order valence-electron chi connectivity index (χ1n) is 11.0. The van der Waals surface area contributed by atoms with Crippen LogP contribution in [0.5, 0.6) is 0 Å². The molecule has 2 amide bonds. The number of halogens is 1. The van der Waals surface area contributed by atoms with Crippen molar-refractivity contribution in [1.29, 1.82) is 0 Å². The smallest absolute Gasteiger partial charge is 0.410 e. The fraction of sp³-hybridized carbons (Fsp3) is 0.542. The number of benzene rings is 1. The number of amides is 2. The van der Waals surface area contributed by atoms with E-state index in [9.17, 15) is 9.59 Å². The Morgan fingerprint density at radius 2 is 1.84 bits per heavy atom. The molecule has 7 nitrogen and oxygen atoms in total. The Morgan fingerprint density at radius 3 is 2.44 bits per heavy atom. The topological polar surface area (TPSA) is 76.5 Å². The lowest BCUT2D eigenvalue weighted by molar-refractivity contribution is -0.121. The summed E-state index contributed by atoms with van der Waals surface area (Å²) in [7, 11) is 0. The standard InChI is InChI=1S/C24H33ClN4O3/c1-15-7-8-19(13-21(15)25)29-17(3)20(16(2)27-29)14-22(30)26-18-9-11-28(12-10-18)23(31)32-24(4,5)6/h7-8,13,18H,9-12,14H2,1-6H3,(H,26,30). The molecule has 0 radical (unpaired) electrons. The van der Waals surface area contributed by atoms with Gasteiger partial charge in [0.15, 0.2) is 0 Å². The summed E-state index contributed by atoms with van der Waals surface area (Å²) in [6, 6.07) is 5.87. The predicted octanol–water partition coefficient (Wildman–Crippen LogP) is 4.51. The second-order valence-electron chi connectivity index (χ2n) is 9.48. The van der Waals surface area contributed by atoms with Gasteiger partial charge in [-0.2, -0.15) is 5.10 Å². The van der Waals surface area contributed by atoms with Crippen LogP contribution in [-0.2, 0) is 16.0 Å². The number of piperidine rings is 1. The van der Waals surface area contributed by atoms with Crippen molar-refractivity contribution >= 4 is 23.6 Å². The maximum atomic E-state index is 12.8. The highest BCUT2D eigenvalue weighted by atomic mass is 35.5. The van der Waals surface area contributed by atoms with Gasteiger partial charge in [-0.15, -0.1) is 0 Å². The monoisotopic (exact) mass is 460 g/mol. The molecule has 1 aliphatic rings. The largest absolute Gasteiger partial charge is 0.444 e. The van der Waals surface area contributed by atoms with Gasteiger partial charge in [0.2, 0.25) is 5.91 Å². The van der Waals surface area contributed by atoms with E-state index in [-0.39, 0.29) is 24.5 Å².